The number of ether oxygens (including phenoxy) is 1. The van der Waals surface area contributed by atoms with Gasteiger partial charge in [-0.05, 0) is 42.7 Å². The first kappa shape index (κ1) is 21.7. The van der Waals surface area contributed by atoms with Gasteiger partial charge in [0, 0.05) is 23.6 Å². The highest BCUT2D eigenvalue weighted by Gasteiger charge is 2.36. The second-order valence-corrected chi connectivity index (χ2v) is 8.56. The number of hydrogen-bond acceptors (Lipinski definition) is 7. The number of anilines is 2. The van der Waals surface area contributed by atoms with Crippen LogP contribution in [0.5, 0.6) is 6.01 Å². The van der Waals surface area contributed by atoms with Crippen LogP contribution in [0.3, 0.4) is 0 Å². The summed E-state index contributed by atoms with van der Waals surface area (Å²) in [6.45, 7) is 3.74. The molecule has 4 aromatic rings. The van der Waals surface area contributed by atoms with E-state index in [0.717, 1.165) is 32.2 Å². The van der Waals surface area contributed by atoms with E-state index in [9.17, 15) is 9.90 Å². The van der Waals surface area contributed by atoms with Crippen molar-refractivity contribution in [1.82, 2.24) is 15.0 Å². The standard InChI is InChI=1S/C24H24N4O3S/c1-3-24(4-2,21(29)30)15-31-22-25-13-17(14-26-22)16-9-11-18(12-10-16)27-23-28-19-7-5-6-8-20(19)32-23/h5-14H,3-4,15H2,1-2H3,(H,27,28)(H,29,30). The van der Waals surface area contributed by atoms with Gasteiger partial charge in [0.15, 0.2) is 5.13 Å². The average molecular weight is 449 g/mol. The maximum atomic E-state index is 11.6. The molecular formula is C24H24N4O3S. The lowest BCUT2D eigenvalue weighted by molar-refractivity contribution is -0.151. The fourth-order valence-electron chi connectivity index (χ4n) is 3.36. The van der Waals surface area contributed by atoms with Crippen LogP contribution in [0.1, 0.15) is 26.7 Å². The number of aliphatic carboxylic acids is 1. The Morgan fingerprint density at radius 1 is 1.03 bits per heavy atom. The van der Waals surface area contributed by atoms with Crippen LogP contribution in [0.4, 0.5) is 10.8 Å². The summed E-state index contributed by atoms with van der Waals surface area (Å²) in [7, 11) is 0. The van der Waals surface area contributed by atoms with E-state index in [-0.39, 0.29) is 12.6 Å². The van der Waals surface area contributed by atoms with Crippen molar-refractivity contribution in [2.24, 2.45) is 5.41 Å². The Labute approximate surface area is 190 Å². The maximum Gasteiger partial charge on any atom is 0.316 e. The Hall–Kier alpha value is -3.52. The van der Waals surface area contributed by atoms with Gasteiger partial charge in [0.05, 0.1) is 10.2 Å². The van der Waals surface area contributed by atoms with Crippen molar-refractivity contribution in [1.29, 1.82) is 0 Å². The number of nitrogens with one attached hydrogen (secondary N) is 1. The molecule has 8 heteroatoms. The molecule has 0 spiro atoms. The van der Waals surface area contributed by atoms with Crippen molar-refractivity contribution in [2.45, 2.75) is 26.7 Å². The predicted octanol–water partition coefficient (Wildman–Crippen LogP) is 5.77. The number of thiazole rings is 1. The molecule has 0 atom stereocenters. The predicted molar refractivity (Wildman–Crippen MR) is 127 cm³/mol. The van der Waals surface area contributed by atoms with E-state index in [4.69, 9.17) is 4.74 Å². The molecular weight excluding hydrogens is 424 g/mol. The monoisotopic (exact) mass is 448 g/mol. The number of benzene rings is 2. The fraction of sp³-hybridized carbons (Fsp3) is 0.250. The van der Waals surface area contributed by atoms with Crippen molar-refractivity contribution >= 4 is 38.3 Å². The molecule has 0 amide bonds. The van der Waals surface area contributed by atoms with Crippen LogP contribution in [-0.4, -0.2) is 32.6 Å². The molecule has 0 radical (unpaired) electrons. The van der Waals surface area contributed by atoms with Crippen molar-refractivity contribution in [3.8, 4) is 17.1 Å². The zero-order chi connectivity index (χ0) is 22.6. The third-order valence-corrected chi connectivity index (χ3v) is 6.63. The highest BCUT2D eigenvalue weighted by Crippen LogP contribution is 2.30. The Kier molecular flexibility index (Phi) is 6.32. The van der Waals surface area contributed by atoms with E-state index in [1.807, 2.05) is 56.3 Å². The van der Waals surface area contributed by atoms with Gasteiger partial charge in [0.1, 0.15) is 12.0 Å². The zero-order valence-electron chi connectivity index (χ0n) is 17.9. The third-order valence-electron chi connectivity index (χ3n) is 5.68. The summed E-state index contributed by atoms with van der Waals surface area (Å²) in [4.78, 5) is 24.7. The van der Waals surface area contributed by atoms with Crippen LogP contribution in [0.25, 0.3) is 21.3 Å². The second-order valence-electron chi connectivity index (χ2n) is 7.52. The van der Waals surface area contributed by atoms with E-state index in [2.05, 4.69) is 26.3 Å². The Morgan fingerprint density at radius 2 is 1.72 bits per heavy atom. The molecule has 4 rings (SSSR count). The van der Waals surface area contributed by atoms with Gasteiger partial charge < -0.3 is 15.2 Å². The van der Waals surface area contributed by atoms with Crippen molar-refractivity contribution in [3.63, 3.8) is 0 Å². The molecule has 0 bridgehead atoms. The highest BCUT2D eigenvalue weighted by atomic mass is 32.1. The van der Waals surface area contributed by atoms with Crippen LogP contribution in [0.15, 0.2) is 60.9 Å². The van der Waals surface area contributed by atoms with Crippen molar-refractivity contribution in [2.75, 3.05) is 11.9 Å². The number of aromatic nitrogens is 3. The van der Waals surface area contributed by atoms with Gasteiger partial charge in [-0.15, -0.1) is 0 Å². The zero-order valence-corrected chi connectivity index (χ0v) is 18.7. The lowest BCUT2D eigenvalue weighted by atomic mass is 9.83. The Morgan fingerprint density at radius 3 is 2.34 bits per heavy atom. The number of carboxylic acids is 1. The van der Waals surface area contributed by atoms with Crippen LogP contribution < -0.4 is 10.1 Å². The fourth-order valence-corrected chi connectivity index (χ4v) is 4.24. The minimum absolute atomic E-state index is 0.0425. The second kappa shape index (κ2) is 9.32. The first-order valence-corrected chi connectivity index (χ1v) is 11.3. The number of rotatable bonds is 9. The summed E-state index contributed by atoms with van der Waals surface area (Å²) in [6, 6.07) is 16.2. The topological polar surface area (TPSA) is 97.2 Å². The molecule has 0 aliphatic heterocycles. The van der Waals surface area contributed by atoms with Crippen molar-refractivity contribution in [3.05, 3.63) is 60.9 Å². The molecule has 0 aliphatic carbocycles. The molecule has 2 N–H and O–H groups in total. The molecule has 2 aromatic heterocycles. The lowest BCUT2D eigenvalue weighted by Gasteiger charge is -2.25. The number of para-hydroxylation sites is 1. The van der Waals surface area contributed by atoms with Crippen LogP contribution in [-0.2, 0) is 4.79 Å². The Balaban J connectivity index is 1.41. The molecule has 164 valence electrons. The highest BCUT2D eigenvalue weighted by molar-refractivity contribution is 7.22. The number of hydrogen-bond donors (Lipinski definition) is 2. The molecule has 2 heterocycles. The first-order chi connectivity index (χ1) is 15.5. The molecule has 7 nitrogen and oxygen atoms in total. The van der Waals surface area contributed by atoms with Gasteiger partial charge in [-0.2, -0.15) is 0 Å². The first-order valence-electron chi connectivity index (χ1n) is 10.4. The quantitative estimate of drug-likeness (QED) is 0.336. The molecule has 0 saturated carbocycles. The van der Waals surface area contributed by atoms with Crippen molar-refractivity contribution < 1.29 is 14.6 Å². The van der Waals surface area contributed by atoms with E-state index in [1.54, 1.807) is 23.7 Å². The number of fused-ring (bicyclic) bond motifs is 1. The SMILES string of the molecule is CCC(CC)(COc1ncc(-c2ccc(Nc3nc4ccccc4s3)cc2)cn1)C(=O)O. The smallest absolute Gasteiger partial charge is 0.316 e. The summed E-state index contributed by atoms with van der Waals surface area (Å²) in [5, 5.41) is 13.7. The van der Waals surface area contributed by atoms with E-state index >= 15 is 0 Å². The molecule has 0 fully saturated rings. The largest absolute Gasteiger partial charge is 0.481 e. The van der Waals surface area contributed by atoms with Gasteiger partial charge in [-0.1, -0.05) is 49.4 Å². The van der Waals surface area contributed by atoms with Crippen LogP contribution >= 0.6 is 11.3 Å². The van der Waals surface area contributed by atoms with Gasteiger partial charge in [-0.25, -0.2) is 15.0 Å². The molecule has 0 unspecified atom stereocenters. The normalized spacial score (nSPS) is 11.4. The molecule has 32 heavy (non-hydrogen) atoms. The summed E-state index contributed by atoms with van der Waals surface area (Å²) in [6.07, 6.45) is 4.32. The Bertz CT molecular complexity index is 1170. The van der Waals surface area contributed by atoms with Gasteiger partial charge in [0.25, 0.3) is 0 Å². The summed E-state index contributed by atoms with van der Waals surface area (Å²) in [5.41, 5.74) is 2.81. The summed E-state index contributed by atoms with van der Waals surface area (Å²) >= 11 is 1.61. The van der Waals surface area contributed by atoms with Crippen LogP contribution in [0.2, 0.25) is 0 Å². The summed E-state index contributed by atoms with van der Waals surface area (Å²) in [5.74, 6) is -0.862. The molecule has 0 aliphatic rings. The maximum absolute atomic E-state index is 11.6. The minimum atomic E-state index is -0.922. The number of carboxylic acid groups (broad SMARTS) is 1. The van der Waals surface area contributed by atoms with Gasteiger partial charge in [-0.3, -0.25) is 4.79 Å². The molecule has 0 saturated heterocycles. The van der Waals surface area contributed by atoms with Crippen LogP contribution in [0, 0.1) is 5.41 Å². The average Bonchev–Trinajstić information content (AvgIpc) is 3.23. The van der Waals surface area contributed by atoms with E-state index in [1.165, 1.54) is 0 Å². The third kappa shape index (κ3) is 4.55. The lowest BCUT2D eigenvalue weighted by Crippen LogP contribution is -2.36. The molecule has 2 aromatic carbocycles. The summed E-state index contributed by atoms with van der Waals surface area (Å²) < 4.78 is 6.74. The van der Waals surface area contributed by atoms with E-state index in [0.29, 0.717) is 12.8 Å². The minimum Gasteiger partial charge on any atom is -0.481 e. The van der Waals surface area contributed by atoms with E-state index < -0.39 is 11.4 Å². The van der Waals surface area contributed by atoms with Gasteiger partial charge >= 0.3 is 12.0 Å². The van der Waals surface area contributed by atoms with Gasteiger partial charge in [0.2, 0.25) is 0 Å². The number of nitrogens with zero attached hydrogens (tertiary/aromatic N) is 3. The number of carbonyl (C=O) groups is 1.